The Bertz CT molecular complexity index is 340. The summed E-state index contributed by atoms with van der Waals surface area (Å²) < 4.78 is 28.5. The van der Waals surface area contributed by atoms with Crippen LogP contribution in [0.25, 0.3) is 0 Å². The van der Waals surface area contributed by atoms with Crippen molar-refractivity contribution in [2.75, 3.05) is 20.2 Å². The maximum absolute atomic E-state index is 12.2. The Kier molecular flexibility index (Phi) is 7.28. The summed E-state index contributed by atoms with van der Waals surface area (Å²) in [4.78, 5) is 0. The van der Waals surface area contributed by atoms with Gasteiger partial charge in [0.2, 0.25) is 0 Å². The van der Waals surface area contributed by atoms with Gasteiger partial charge in [0.15, 0.2) is 0 Å². The first kappa shape index (κ1) is 16.9. The van der Waals surface area contributed by atoms with Crippen LogP contribution in [0.2, 0.25) is 0 Å². The molecule has 0 aromatic heterocycles. The van der Waals surface area contributed by atoms with Gasteiger partial charge in [-0.05, 0) is 31.6 Å². The molecule has 1 unspecified atom stereocenters. The zero-order chi connectivity index (χ0) is 14.3. The molecule has 1 aliphatic carbocycles. The summed E-state index contributed by atoms with van der Waals surface area (Å²) in [6.07, 6.45) is 7.25. The van der Waals surface area contributed by atoms with Crippen molar-refractivity contribution >= 4 is 10.2 Å². The van der Waals surface area contributed by atoms with Gasteiger partial charge < -0.3 is 5.11 Å². The molecule has 1 aliphatic rings. The predicted molar refractivity (Wildman–Crippen MR) is 77.0 cm³/mol. The minimum absolute atomic E-state index is 0.0136. The molecule has 114 valence electrons. The zero-order valence-electron chi connectivity index (χ0n) is 12.1. The van der Waals surface area contributed by atoms with Crippen molar-refractivity contribution in [3.63, 3.8) is 0 Å². The van der Waals surface area contributed by atoms with Gasteiger partial charge in [0, 0.05) is 26.2 Å². The van der Waals surface area contributed by atoms with Gasteiger partial charge in [-0.2, -0.15) is 17.4 Å². The lowest BCUT2D eigenvalue weighted by Gasteiger charge is -2.31. The van der Waals surface area contributed by atoms with Crippen molar-refractivity contribution in [3.8, 4) is 0 Å². The molecule has 0 heterocycles. The predicted octanol–water partition coefficient (Wildman–Crippen LogP) is 1.49. The normalized spacial score (nSPS) is 19.8. The van der Waals surface area contributed by atoms with E-state index in [-0.39, 0.29) is 12.6 Å². The standard InChI is InChI=1S/C13H28N2O3S/c1-3-13(12-8-5-4-6-9-12)14-19(17,18)15(2)10-7-11-16/h12-14,16H,3-11H2,1-2H3. The monoisotopic (exact) mass is 292 g/mol. The second-order valence-electron chi connectivity index (χ2n) is 5.43. The van der Waals surface area contributed by atoms with Gasteiger partial charge in [0.1, 0.15) is 0 Å². The molecule has 0 spiro atoms. The van der Waals surface area contributed by atoms with Crippen LogP contribution in [0.1, 0.15) is 51.9 Å². The Morgan fingerprint density at radius 2 is 1.95 bits per heavy atom. The molecule has 0 aromatic carbocycles. The number of aliphatic hydroxyl groups excluding tert-OH is 1. The number of rotatable bonds is 8. The fourth-order valence-electron chi connectivity index (χ4n) is 2.74. The Labute approximate surface area is 117 Å². The van der Waals surface area contributed by atoms with Crippen molar-refractivity contribution in [3.05, 3.63) is 0 Å². The van der Waals surface area contributed by atoms with E-state index >= 15 is 0 Å². The third-order valence-electron chi connectivity index (χ3n) is 4.00. The Hall–Kier alpha value is -0.170. The second kappa shape index (κ2) is 8.19. The Morgan fingerprint density at radius 1 is 1.32 bits per heavy atom. The third-order valence-corrected chi connectivity index (χ3v) is 5.60. The summed E-state index contributed by atoms with van der Waals surface area (Å²) in [6.45, 7) is 2.40. The molecule has 0 aliphatic heterocycles. The van der Waals surface area contributed by atoms with Crippen LogP contribution in [0.4, 0.5) is 0 Å². The van der Waals surface area contributed by atoms with E-state index < -0.39 is 10.2 Å². The van der Waals surface area contributed by atoms with E-state index in [0.717, 1.165) is 19.3 Å². The van der Waals surface area contributed by atoms with E-state index in [1.165, 1.54) is 23.6 Å². The van der Waals surface area contributed by atoms with Gasteiger partial charge >= 0.3 is 0 Å². The van der Waals surface area contributed by atoms with Gasteiger partial charge in [-0.15, -0.1) is 0 Å². The van der Waals surface area contributed by atoms with Crippen molar-refractivity contribution < 1.29 is 13.5 Å². The van der Waals surface area contributed by atoms with Crippen LogP contribution in [0, 0.1) is 5.92 Å². The second-order valence-corrected chi connectivity index (χ2v) is 7.24. The van der Waals surface area contributed by atoms with Crippen molar-refractivity contribution in [2.24, 2.45) is 5.92 Å². The van der Waals surface area contributed by atoms with Crippen LogP contribution in [-0.2, 0) is 10.2 Å². The van der Waals surface area contributed by atoms with Gasteiger partial charge in [0.25, 0.3) is 10.2 Å². The maximum atomic E-state index is 12.2. The minimum Gasteiger partial charge on any atom is -0.396 e. The molecule has 1 fully saturated rings. The molecule has 1 rings (SSSR count). The van der Waals surface area contributed by atoms with E-state index in [0.29, 0.717) is 18.9 Å². The van der Waals surface area contributed by atoms with Gasteiger partial charge in [-0.25, -0.2) is 0 Å². The van der Waals surface area contributed by atoms with Crippen molar-refractivity contribution in [1.82, 2.24) is 9.03 Å². The highest BCUT2D eigenvalue weighted by atomic mass is 32.2. The van der Waals surface area contributed by atoms with E-state index in [1.807, 2.05) is 6.92 Å². The van der Waals surface area contributed by atoms with E-state index in [4.69, 9.17) is 5.11 Å². The quantitative estimate of drug-likeness (QED) is 0.712. The fraction of sp³-hybridized carbons (Fsp3) is 1.00. The van der Waals surface area contributed by atoms with E-state index in [1.54, 1.807) is 7.05 Å². The van der Waals surface area contributed by atoms with Gasteiger partial charge in [-0.1, -0.05) is 26.2 Å². The summed E-state index contributed by atoms with van der Waals surface area (Å²) in [5, 5.41) is 8.77. The summed E-state index contributed by atoms with van der Waals surface area (Å²) in [6, 6.07) is 0.0434. The zero-order valence-corrected chi connectivity index (χ0v) is 13.0. The molecule has 0 aromatic rings. The highest BCUT2D eigenvalue weighted by Crippen LogP contribution is 2.28. The highest BCUT2D eigenvalue weighted by molar-refractivity contribution is 7.87. The van der Waals surface area contributed by atoms with Crippen LogP contribution in [0.3, 0.4) is 0 Å². The topological polar surface area (TPSA) is 69.6 Å². The molecule has 0 saturated heterocycles. The van der Waals surface area contributed by atoms with Gasteiger partial charge in [-0.3, -0.25) is 0 Å². The maximum Gasteiger partial charge on any atom is 0.279 e. The minimum atomic E-state index is -3.42. The number of nitrogens with one attached hydrogen (secondary N) is 1. The molecule has 2 N–H and O–H groups in total. The van der Waals surface area contributed by atoms with Crippen LogP contribution in [0.15, 0.2) is 0 Å². The number of aliphatic hydroxyl groups is 1. The smallest absolute Gasteiger partial charge is 0.279 e. The average Bonchev–Trinajstić information content (AvgIpc) is 2.43. The first-order chi connectivity index (χ1) is 9.01. The van der Waals surface area contributed by atoms with E-state index in [9.17, 15) is 8.42 Å². The molecule has 6 heteroatoms. The molecule has 19 heavy (non-hydrogen) atoms. The van der Waals surface area contributed by atoms with Crippen LogP contribution in [0.5, 0.6) is 0 Å². The van der Waals surface area contributed by atoms with E-state index in [2.05, 4.69) is 4.72 Å². The number of hydrogen-bond donors (Lipinski definition) is 2. The molecule has 1 saturated carbocycles. The molecular weight excluding hydrogens is 264 g/mol. The number of hydrogen-bond acceptors (Lipinski definition) is 3. The molecule has 0 bridgehead atoms. The summed E-state index contributed by atoms with van der Waals surface area (Å²) in [5.74, 6) is 0.472. The first-order valence-corrected chi connectivity index (χ1v) is 8.79. The summed E-state index contributed by atoms with van der Waals surface area (Å²) in [5.41, 5.74) is 0. The lowest BCUT2D eigenvalue weighted by atomic mass is 9.83. The first-order valence-electron chi connectivity index (χ1n) is 7.35. The molecule has 1 atom stereocenters. The van der Waals surface area contributed by atoms with Crippen LogP contribution >= 0.6 is 0 Å². The lowest BCUT2D eigenvalue weighted by molar-refractivity contribution is 0.269. The van der Waals surface area contributed by atoms with Crippen molar-refractivity contribution in [1.29, 1.82) is 0 Å². The lowest BCUT2D eigenvalue weighted by Crippen LogP contribution is -2.47. The Balaban J connectivity index is 2.57. The highest BCUT2D eigenvalue weighted by Gasteiger charge is 2.27. The molecule has 0 radical (unpaired) electrons. The SMILES string of the molecule is CCC(NS(=O)(=O)N(C)CCCO)C1CCCCC1. The summed E-state index contributed by atoms with van der Waals surface area (Å²) >= 11 is 0. The fourth-order valence-corrected chi connectivity index (χ4v) is 4.04. The summed E-state index contributed by atoms with van der Waals surface area (Å²) in [7, 11) is -1.86. The Morgan fingerprint density at radius 3 is 2.47 bits per heavy atom. The third kappa shape index (κ3) is 5.38. The van der Waals surface area contributed by atoms with Crippen molar-refractivity contribution in [2.45, 2.75) is 57.9 Å². The average molecular weight is 292 g/mol. The van der Waals surface area contributed by atoms with Crippen LogP contribution in [-0.4, -0.2) is 44.1 Å². The van der Waals surface area contributed by atoms with Crippen LogP contribution < -0.4 is 4.72 Å². The molecule has 0 amide bonds. The number of nitrogens with zero attached hydrogens (tertiary/aromatic N) is 1. The van der Waals surface area contributed by atoms with Gasteiger partial charge in [0.05, 0.1) is 0 Å². The molecule has 5 nitrogen and oxygen atoms in total. The molecular formula is C13H28N2O3S. The largest absolute Gasteiger partial charge is 0.396 e.